The first-order chi connectivity index (χ1) is 13.5. The van der Waals surface area contributed by atoms with E-state index in [1.165, 1.54) is 4.90 Å². The average molecular weight is 404 g/mol. The van der Waals surface area contributed by atoms with Crippen molar-refractivity contribution in [3.8, 4) is 0 Å². The number of anilines is 1. The lowest BCUT2D eigenvalue weighted by atomic mass is 10.1. The second-order valence-electron chi connectivity index (χ2n) is 6.84. The second-order valence-corrected chi connectivity index (χ2v) is 7.25. The molecule has 1 fully saturated rings. The Labute approximate surface area is 169 Å². The van der Waals surface area contributed by atoms with Crippen LogP contribution in [0.3, 0.4) is 0 Å². The molecule has 1 amide bonds. The monoisotopic (exact) mass is 403 g/mol. The van der Waals surface area contributed by atoms with Gasteiger partial charge in [-0.25, -0.2) is 4.79 Å². The normalized spacial score (nSPS) is 14.5. The lowest BCUT2D eigenvalue weighted by Crippen LogP contribution is -3.12. The number of carbonyl (C=O) groups is 2. The molecule has 28 heavy (non-hydrogen) atoms. The van der Waals surface area contributed by atoms with Gasteiger partial charge in [-0.2, -0.15) is 0 Å². The van der Waals surface area contributed by atoms with Crippen molar-refractivity contribution < 1.29 is 24.0 Å². The number of morpholine rings is 1. The van der Waals surface area contributed by atoms with Crippen molar-refractivity contribution >= 4 is 29.2 Å². The first-order valence-corrected chi connectivity index (χ1v) is 9.62. The van der Waals surface area contributed by atoms with Crippen molar-refractivity contribution in [1.29, 1.82) is 0 Å². The molecule has 0 spiro atoms. The molecule has 0 unspecified atom stereocenters. The third-order valence-electron chi connectivity index (χ3n) is 4.58. The van der Waals surface area contributed by atoms with E-state index in [1.54, 1.807) is 24.3 Å². The Morgan fingerprint density at radius 3 is 2.54 bits per heavy atom. The molecule has 2 aromatic rings. The SMILES string of the molecule is Cc1ccc(NC(=O)COC(=O)c2ccc(C[NH+]3CCOCC3)cc2)c(Cl)c1. The van der Waals surface area contributed by atoms with Crippen LogP contribution in [0.2, 0.25) is 5.02 Å². The highest BCUT2D eigenvalue weighted by Crippen LogP contribution is 2.22. The summed E-state index contributed by atoms with van der Waals surface area (Å²) in [7, 11) is 0. The standard InChI is InChI=1S/C21H23ClN2O4/c1-15-2-7-19(18(22)12-15)23-20(25)14-28-21(26)17-5-3-16(4-6-17)13-24-8-10-27-11-9-24/h2-7,12H,8-11,13-14H2,1H3,(H,23,25)/p+1. The number of carbonyl (C=O) groups excluding carboxylic acids is 2. The number of halogens is 1. The fourth-order valence-corrected chi connectivity index (χ4v) is 3.29. The molecular formula is C21H24ClN2O4+. The van der Waals surface area contributed by atoms with E-state index < -0.39 is 11.9 Å². The van der Waals surface area contributed by atoms with Gasteiger partial charge < -0.3 is 19.7 Å². The second kappa shape index (κ2) is 9.68. The molecule has 6 nitrogen and oxygen atoms in total. The first-order valence-electron chi connectivity index (χ1n) is 9.24. The van der Waals surface area contributed by atoms with Crippen molar-refractivity contribution in [2.24, 2.45) is 0 Å². The van der Waals surface area contributed by atoms with Crippen LogP contribution in [-0.2, 0) is 20.8 Å². The molecule has 1 aliphatic rings. The van der Waals surface area contributed by atoms with Crippen molar-refractivity contribution in [2.75, 3.05) is 38.2 Å². The fourth-order valence-electron chi connectivity index (χ4n) is 3.01. The zero-order valence-corrected chi connectivity index (χ0v) is 16.6. The van der Waals surface area contributed by atoms with Crippen LogP contribution >= 0.6 is 11.6 Å². The van der Waals surface area contributed by atoms with Crippen LogP contribution in [0.15, 0.2) is 42.5 Å². The number of hydrogen-bond acceptors (Lipinski definition) is 4. The van der Waals surface area contributed by atoms with E-state index in [1.807, 2.05) is 25.1 Å². The number of hydrogen-bond donors (Lipinski definition) is 2. The highest BCUT2D eigenvalue weighted by atomic mass is 35.5. The zero-order valence-electron chi connectivity index (χ0n) is 15.8. The minimum absolute atomic E-state index is 0.372. The Bertz CT molecular complexity index is 833. The molecule has 2 aromatic carbocycles. The summed E-state index contributed by atoms with van der Waals surface area (Å²) in [6, 6.07) is 12.6. The van der Waals surface area contributed by atoms with Crippen molar-refractivity contribution in [1.82, 2.24) is 0 Å². The van der Waals surface area contributed by atoms with Gasteiger partial charge >= 0.3 is 5.97 Å². The van der Waals surface area contributed by atoms with E-state index in [4.69, 9.17) is 21.1 Å². The van der Waals surface area contributed by atoms with Crippen LogP contribution in [-0.4, -0.2) is 44.8 Å². The predicted molar refractivity (Wildman–Crippen MR) is 107 cm³/mol. The van der Waals surface area contributed by atoms with Crippen molar-refractivity contribution in [2.45, 2.75) is 13.5 Å². The average Bonchev–Trinajstić information content (AvgIpc) is 2.70. The summed E-state index contributed by atoms with van der Waals surface area (Å²) < 4.78 is 10.5. The number of esters is 1. The number of nitrogens with one attached hydrogen (secondary N) is 2. The largest absolute Gasteiger partial charge is 0.452 e. The molecule has 0 atom stereocenters. The summed E-state index contributed by atoms with van der Waals surface area (Å²) in [4.78, 5) is 25.6. The summed E-state index contributed by atoms with van der Waals surface area (Å²) in [5.74, 6) is -0.970. The molecule has 0 bridgehead atoms. The van der Waals surface area contributed by atoms with Gasteiger partial charge in [0.15, 0.2) is 6.61 Å². The van der Waals surface area contributed by atoms with E-state index in [-0.39, 0.29) is 6.61 Å². The topological polar surface area (TPSA) is 69.1 Å². The summed E-state index contributed by atoms with van der Waals surface area (Å²) in [5.41, 5.74) is 3.05. The zero-order chi connectivity index (χ0) is 19.9. The number of quaternary nitrogens is 1. The van der Waals surface area contributed by atoms with Gasteiger partial charge in [0.2, 0.25) is 0 Å². The van der Waals surface area contributed by atoms with Crippen LogP contribution in [0.5, 0.6) is 0 Å². The van der Waals surface area contributed by atoms with Gasteiger partial charge in [0.05, 0.1) is 29.5 Å². The van der Waals surface area contributed by atoms with Gasteiger partial charge in [0, 0.05) is 5.56 Å². The molecule has 7 heteroatoms. The molecule has 0 saturated carbocycles. The van der Waals surface area contributed by atoms with Crippen LogP contribution in [0, 0.1) is 6.92 Å². The highest BCUT2D eigenvalue weighted by Gasteiger charge is 2.15. The first kappa shape index (κ1) is 20.3. The fraction of sp³-hybridized carbons (Fsp3) is 0.333. The molecule has 148 valence electrons. The van der Waals surface area contributed by atoms with E-state index in [9.17, 15) is 9.59 Å². The Balaban J connectivity index is 1.48. The van der Waals surface area contributed by atoms with E-state index >= 15 is 0 Å². The minimum Gasteiger partial charge on any atom is -0.452 e. The maximum Gasteiger partial charge on any atom is 0.338 e. The maximum absolute atomic E-state index is 12.2. The maximum atomic E-state index is 12.2. The van der Waals surface area contributed by atoms with Crippen LogP contribution in [0.1, 0.15) is 21.5 Å². The molecule has 1 saturated heterocycles. The quantitative estimate of drug-likeness (QED) is 0.722. The summed E-state index contributed by atoms with van der Waals surface area (Å²) in [6.07, 6.45) is 0. The van der Waals surface area contributed by atoms with E-state index in [0.717, 1.165) is 44.0 Å². The van der Waals surface area contributed by atoms with Crippen molar-refractivity contribution in [3.05, 3.63) is 64.2 Å². The number of aryl methyl sites for hydroxylation is 1. The van der Waals surface area contributed by atoms with Gasteiger partial charge in [-0.05, 0) is 36.8 Å². The number of amides is 1. The molecule has 0 aliphatic carbocycles. The lowest BCUT2D eigenvalue weighted by Gasteiger charge is -2.23. The highest BCUT2D eigenvalue weighted by molar-refractivity contribution is 6.33. The molecule has 1 aliphatic heterocycles. The van der Waals surface area contributed by atoms with Gasteiger partial charge in [-0.15, -0.1) is 0 Å². The Kier molecular flexibility index (Phi) is 7.03. The summed E-state index contributed by atoms with van der Waals surface area (Å²) in [6.45, 7) is 5.99. The van der Waals surface area contributed by atoms with Crippen LogP contribution in [0.25, 0.3) is 0 Å². The Morgan fingerprint density at radius 1 is 1.14 bits per heavy atom. The molecular weight excluding hydrogens is 380 g/mol. The molecule has 2 N–H and O–H groups in total. The van der Waals surface area contributed by atoms with Gasteiger partial charge in [0.1, 0.15) is 19.6 Å². The molecule has 0 aromatic heterocycles. The predicted octanol–water partition coefficient (Wildman–Crippen LogP) is 1.86. The summed E-state index contributed by atoms with van der Waals surface area (Å²) >= 11 is 6.09. The van der Waals surface area contributed by atoms with Crippen LogP contribution in [0.4, 0.5) is 5.69 Å². The third kappa shape index (κ3) is 5.79. The van der Waals surface area contributed by atoms with Gasteiger partial charge in [-0.3, -0.25) is 4.79 Å². The molecule has 3 rings (SSSR count). The number of benzene rings is 2. The number of rotatable bonds is 6. The lowest BCUT2D eigenvalue weighted by molar-refractivity contribution is -0.921. The molecule has 1 heterocycles. The summed E-state index contributed by atoms with van der Waals surface area (Å²) in [5, 5.41) is 3.08. The van der Waals surface area contributed by atoms with E-state index in [0.29, 0.717) is 16.3 Å². The van der Waals surface area contributed by atoms with Crippen molar-refractivity contribution in [3.63, 3.8) is 0 Å². The van der Waals surface area contributed by atoms with Gasteiger partial charge in [0.25, 0.3) is 5.91 Å². The molecule has 0 radical (unpaired) electrons. The van der Waals surface area contributed by atoms with E-state index in [2.05, 4.69) is 5.32 Å². The number of ether oxygens (including phenoxy) is 2. The smallest absolute Gasteiger partial charge is 0.338 e. The van der Waals surface area contributed by atoms with Gasteiger partial charge in [-0.1, -0.05) is 29.8 Å². The van der Waals surface area contributed by atoms with Crippen LogP contribution < -0.4 is 10.2 Å². The third-order valence-corrected chi connectivity index (χ3v) is 4.89. The Hall–Kier alpha value is -2.41. The minimum atomic E-state index is -0.532. The Morgan fingerprint density at radius 2 is 1.86 bits per heavy atom.